The van der Waals surface area contributed by atoms with E-state index < -0.39 is 0 Å². The summed E-state index contributed by atoms with van der Waals surface area (Å²) in [7, 11) is 1.77. The summed E-state index contributed by atoms with van der Waals surface area (Å²) in [5.74, 6) is 0. The van der Waals surface area contributed by atoms with Gasteiger partial charge in [-0.05, 0) is 36.1 Å². The van der Waals surface area contributed by atoms with E-state index in [4.69, 9.17) is 4.74 Å². The Bertz CT molecular complexity index is 714. The number of anilines is 1. The highest BCUT2D eigenvalue weighted by atomic mass is 16.5. The van der Waals surface area contributed by atoms with E-state index in [0.717, 1.165) is 25.1 Å². The van der Waals surface area contributed by atoms with Gasteiger partial charge in [-0.1, -0.05) is 42.5 Å². The van der Waals surface area contributed by atoms with Crippen LogP contribution in [0.4, 0.5) is 10.5 Å². The van der Waals surface area contributed by atoms with Gasteiger partial charge in [0.05, 0.1) is 6.61 Å². The summed E-state index contributed by atoms with van der Waals surface area (Å²) in [5, 5.41) is 0. The second-order valence-corrected chi connectivity index (χ2v) is 6.18. The molecule has 0 aromatic heterocycles. The van der Waals surface area contributed by atoms with Crippen molar-refractivity contribution in [2.24, 2.45) is 0 Å². The lowest BCUT2D eigenvalue weighted by Crippen LogP contribution is -2.27. The van der Waals surface area contributed by atoms with Crippen LogP contribution in [0.15, 0.2) is 48.5 Å². The number of nitrogens with zero attached hydrogens (tertiary/aromatic N) is 2. The molecule has 2 aromatic carbocycles. The predicted octanol–water partition coefficient (Wildman–Crippen LogP) is 3.84. The van der Waals surface area contributed by atoms with Gasteiger partial charge in [-0.2, -0.15) is 0 Å². The van der Waals surface area contributed by atoms with Crippen molar-refractivity contribution < 1.29 is 9.53 Å². The quantitative estimate of drug-likeness (QED) is 0.838. The van der Waals surface area contributed by atoms with E-state index in [1.54, 1.807) is 11.9 Å². The van der Waals surface area contributed by atoms with Crippen LogP contribution in [0.25, 0.3) is 0 Å². The first-order chi connectivity index (χ1) is 11.7. The number of rotatable bonds is 5. The maximum atomic E-state index is 11.7. The van der Waals surface area contributed by atoms with Gasteiger partial charge in [0.1, 0.15) is 0 Å². The van der Waals surface area contributed by atoms with Crippen LogP contribution in [-0.4, -0.2) is 31.2 Å². The lowest BCUT2D eigenvalue weighted by molar-refractivity contribution is 0.114. The summed E-state index contributed by atoms with van der Waals surface area (Å²) in [6, 6.07) is 17.0. The van der Waals surface area contributed by atoms with Crippen molar-refractivity contribution in [2.75, 3.05) is 25.1 Å². The molecular formula is C20H24N2O2. The molecule has 0 saturated carbocycles. The molecule has 3 rings (SSSR count). The number of hydrogen-bond donors (Lipinski definition) is 0. The molecule has 0 fully saturated rings. The van der Waals surface area contributed by atoms with E-state index in [0.29, 0.717) is 13.2 Å². The number of carbonyl (C=O) groups excluding carboxylic acids is 1. The van der Waals surface area contributed by atoms with Crippen LogP contribution >= 0.6 is 0 Å². The third-order valence-electron chi connectivity index (χ3n) is 4.35. The molecule has 0 spiro atoms. The van der Waals surface area contributed by atoms with E-state index in [2.05, 4.69) is 53.4 Å². The lowest BCUT2D eigenvalue weighted by atomic mass is 10.1. The van der Waals surface area contributed by atoms with Gasteiger partial charge in [-0.3, -0.25) is 0 Å². The molecule has 0 aliphatic carbocycles. The van der Waals surface area contributed by atoms with E-state index >= 15 is 0 Å². The average Bonchev–Trinajstić information content (AvgIpc) is 2.98. The molecule has 1 aliphatic rings. The first-order valence-electron chi connectivity index (χ1n) is 8.46. The summed E-state index contributed by atoms with van der Waals surface area (Å²) in [6.07, 6.45) is 0.831. The Hall–Kier alpha value is -2.49. The first kappa shape index (κ1) is 16.4. The number of ether oxygens (including phenoxy) is 1. The zero-order chi connectivity index (χ0) is 16.9. The highest BCUT2D eigenvalue weighted by Gasteiger charge is 2.18. The SMILES string of the molecule is CCOC(=O)N(C)Cc1cccc(CN2CCc3ccccc32)c1. The molecule has 2 aromatic rings. The van der Waals surface area contributed by atoms with E-state index in [-0.39, 0.29) is 6.09 Å². The first-order valence-corrected chi connectivity index (χ1v) is 8.46. The van der Waals surface area contributed by atoms with Gasteiger partial charge >= 0.3 is 6.09 Å². The number of para-hydroxylation sites is 1. The van der Waals surface area contributed by atoms with Crippen molar-refractivity contribution in [1.82, 2.24) is 4.90 Å². The van der Waals surface area contributed by atoms with Gasteiger partial charge in [0.2, 0.25) is 0 Å². The minimum absolute atomic E-state index is 0.281. The van der Waals surface area contributed by atoms with Crippen molar-refractivity contribution in [3.63, 3.8) is 0 Å². The van der Waals surface area contributed by atoms with Crippen LogP contribution in [-0.2, 0) is 24.2 Å². The highest BCUT2D eigenvalue weighted by molar-refractivity contribution is 5.67. The lowest BCUT2D eigenvalue weighted by Gasteiger charge is -2.21. The highest BCUT2D eigenvalue weighted by Crippen LogP contribution is 2.28. The minimum Gasteiger partial charge on any atom is -0.450 e. The van der Waals surface area contributed by atoms with Gasteiger partial charge < -0.3 is 14.5 Å². The second kappa shape index (κ2) is 7.39. The zero-order valence-corrected chi connectivity index (χ0v) is 14.4. The number of hydrogen-bond acceptors (Lipinski definition) is 3. The Kier molecular flexibility index (Phi) is 5.04. The molecule has 0 bridgehead atoms. The third-order valence-corrected chi connectivity index (χ3v) is 4.35. The van der Waals surface area contributed by atoms with Gasteiger partial charge in [0.25, 0.3) is 0 Å². The van der Waals surface area contributed by atoms with Gasteiger partial charge in [0.15, 0.2) is 0 Å². The summed E-state index contributed by atoms with van der Waals surface area (Å²) >= 11 is 0. The Labute approximate surface area is 143 Å². The molecule has 0 N–H and O–H groups in total. The Morgan fingerprint density at radius 1 is 1.17 bits per heavy atom. The van der Waals surface area contributed by atoms with Crippen molar-refractivity contribution in [3.8, 4) is 0 Å². The Morgan fingerprint density at radius 3 is 2.79 bits per heavy atom. The summed E-state index contributed by atoms with van der Waals surface area (Å²) in [5.41, 5.74) is 5.15. The summed E-state index contributed by atoms with van der Waals surface area (Å²) < 4.78 is 5.03. The molecule has 1 aliphatic heterocycles. The molecule has 1 heterocycles. The standard InChI is InChI=1S/C20H24N2O2/c1-3-24-20(23)21(2)14-16-7-6-8-17(13-16)15-22-12-11-18-9-4-5-10-19(18)22/h4-10,13H,3,11-12,14-15H2,1-2H3. The fraction of sp³-hybridized carbons (Fsp3) is 0.350. The van der Waals surface area contributed by atoms with E-state index in [1.165, 1.54) is 16.8 Å². The predicted molar refractivity (Wildman–Crippen MR) is 96.1 cm³/mol. The molecule has 0 radical (unpaired) electrons. The largest absolute Gasteiger partial charge is 0.450 e. The molecule has 24 heavy (non-hydrogen) atoms. The van der Waals surface area contributed by atoms with Crippen molar-refractivity contribution >= 4 is 11.8 Å². The smallest absolute Gasteiger partial charge is 0.409 e. The maximum absolute atomic E-state index is 11.7. The maximum Gasteiger partial charge on any atom is 0.409 e. The molecule has 4 nitrogen and oxygen atoms in total. The molecule has 4 heteroatoms. The topological polar surface area (TPSA) is 32.8 Å². The average molecular weight is 324 g/mol. The molecule has 0 saturated heterocycles. The van der Waals surface area contributed by atoms with Crippen molar-refractivity contribution in [3.05, 3.63) is 65.2 Å². The van der Waals surface area contributed by atoms with Crippen LogP contribution in [0.5, 0.6) is 0 Å². The number of benzene rings is 2. The molecule has 0 atom stereocenters. The minimum atomic E-state index is -0.281. The number of amides is 1. The summed E-state index contributed by atoms with van der Waals surface area (Å²) in [4.78, 5) is 15.8. The third kappa shape index (κ3) is 3.70. The molecular weight excluding hydrogens is 300 g/mol. The number of carbonyl (C=O) groups is 1. The number of fused-ring (bicyclic) bond motifs is 1. The van der Waals surface area contributed by atoms with Gasteiger partial charge in [0, 0.05) is 32.4 Å². The second-order valence-electron chi connectivity index (χ2n) is 6.18. The fourth-order valence-corrected chi connectivity index (χ4v) is 3.19. The van der Waals surface area contributed by atoms with Crippen LogP contribution < -0.4 is 4.90 Å². The van der Waals surface area contributed by atoms with Gasteiger partial charge in [-0.15, -0.1) is 0 Å². The normalized spacial score (nSPS) is 12.8. The van der Waals surface area contributed by atoms with Crippen molar-refractivity contribution in [1.29, 1.82) is 0 Å². The van der Waals surface area contributed by atoms with Crippen LogP contribution in [0, 0.1) is 0 Å². The van der Waals surface area contributed by atoms with Crippen LogP contribution in [0.1, 0.15) is 23.6 Å². The fourth-order valence-electron chi connectivity index (χ4n) is 3.19. The molecule has 0 unspecified atom stereocenters. The Morgan fingerprint density at radius 2 is 1.96 bits per heavy atom. The van der Waals surface area contributed by atoms with Gasteiger partial charge in [-0.25, -0.2) is 4.79 Å². The van der Waals surface area contributed by atoms with E-state index in [9.17, 15) is 4.79 Å². The Balaban J connectivity index is 1.67. The van der Waals surface area contributed by atoms with E-state index in [1.807, 2.05) is 6.92 Å². The van der Waals surface area contributed by atoms with Crippen molar-refractivity contribution in [2.45, 2.75) is 26.4 Å². The summed E-state index contributed by atoms with van der Waals surface area (Å²) in [6.45, 7) is 4.74. The van der Waals surface area contributed by atoms with Crippen LogP contribution in [0.2, 0.25) is 0 Å². The molecule has 1 amide bonds. The molecule has 126 valence electrons. The van der Waals surface area contributed by atoms with Crippen LogP contribution in [0.3, 0.4) is 0 Å². The monoisotopic (exact) mass is 324 g/mol. The zero-order valence-electron chi connectivity index (χ0n) is 14.4.